The molecule has 1 unspecified atom stereocenters. The van der Waals surface area contributed by atoms with E-state index >= 15 is 0 Å². The summed E-state index contributed by atoms with van der Waals surface area (Å²) >= 11 is 0. The van der Waals surface area contributed by atoms with E-state index in [0.717, 1.165) is 48.2 Å². The number of piperidine rings is 1. The van der Waals surface area contributed by atoms with Crippen molar-refractivity contribution in [1.82, 2.24) is 14.5 Å². The second-order valence-electron chi connectivity index (χ2n) is 8.16. The molecule has 0 amide bonds. The SMILES string of the molecule is CN1CCCC(OC(=O)c2ccc(-n3cnc4cc(-c5ccccc5)ccc43)cc2)C1. The highest BCUT2D eigenvalue weighted by atomic mass is 16.5. The van der Waals surface area contributed by atoms with E-state index in [1.165, 1.54) is 5.56 Å². The minimum Gasteiger partial charge on any atom is -0.457 e. The molecule has 31 heavy (non-hydrogen) atoms. The van der Waals surface area contributed by atoms with Crippen LogP contribution < -0.4 is 0 Å². The highest BCUT2D eigenvalue weighted by Crippen LogP contribution is 2.25. The Morgan fingerprint density at radius 3 is 2.58 bits per heavy atom. The molecule has 0 saturated carbocycles. The highest BCUT2D eigenvalue weighted by Gasteiger charge is 2.21. The second-order valence-corrected chi connectivity index (χ2v) is 8.16. The first-order valence-corrected chi connectivity index (χ1v) is 10.7. The van der Waals surface area contributed by atoms with Crippen LogP contribution in [0.2, 0.25) is 0 Å². The van der Waals surface area contributed by atoms with Crippen molar-refractivity contribution in [3.8, 4) is 16.8 Å². The lowest BCUT2D eigenvalue weighted by molar-refractivity contribution is 0.0108. The number of ether oxygens (including phenoxy) is 1. The zero-order valence-corrected chi connectivity index (χ0v) is 17.6. The third kappa shape index (κ3) is 4.09. The number of carbonyl (C=O) groups excluding carboxylic acids is 1. The van der Waals surface area contributed by atoms with Gasteiger partial charge >= 0.3 is 5.97 Å². The number of fused-ring (bicyclic) bond motifs is 1. The Morgan fingerprint density at radius 2 is 1.81 bits per heavy atom. The van der Waals surface area contributed by atoms with E-state index in [2.05, 4.69) is 47.3 Å². The third-order valence-corrected chi connectivity index (χ3v) is 5.89. The molecule has 4 aromatic rings. The molecule has 1 aliphatic heterocycles. The fourth-order valence-corrected chi connectivity index (χ4v) is 4.22. The van der Waals surface area contributed by atoms with Gasteiger partial charge in [-0.3, -0.25) is 4.57 Å². The number of esters is 1. The van der Waals surface area contributed by atoms with E-state index in [1.807, 2.05) is 53.4 Å². The molecule has 0 spiro atoms. The van der Waals surface area contributed by atoms with Gasteiger partial charge in [-0.15, -0.1) is 0 Å². The molecular formula is C26H25N3O2. The van der Waals surface area contributed by atoms with Crippen molar-refractivity contribution in [2.45, 2.75) is 18.9 Å². The minimum atomic E-state index is -0.255. The van der Waals surface area contributed by atoms with Crippen LogP contribution in [0.15, 0.2) is 79.1 Å². The van der Waals surface area contributed by atoms with E-state index in [4.69, 9.17) is 4.74 Å². The van der Waals surface area contributed by atoms with Crippen LogP contribution in [0, 0.1) is 0 Å². The number of likely N-dealkylation sites (N-methyl/N-ethyl adjacent to an activating group) is 1. The first-order chi connectivity index (χ1) is 15.2. The summed E-state index contributed by atoms with van der Waals surface area (Å²) in [5.74, 6) is -0.255. The maximum Gasteiger partial charge on any atom is 0.338 e. The minimum absolute atomic E-state index is 0.0256. The van der Waals surface area contributed by atoms with Crippen molar-refractivity contribution >= 4 is 17.0 Å². The smallest absolute Gasteiger partial charge is 0.338 e. The Hall–Kier alpha value is -3.44. The van der Waals surface area contributed by atoms with Gasteiger partial charge in [0.05, 0.1) is 16.6 Å². The van der Waals surface area contributed by atoms with Gasteiger partial charge in [0.15, 0.2) is 0 Å². The van der Waals surface area contributed by atoms with Gasteiger partial charge in [0.1, 0.15) is 12.4 Å². The van der Waals surface area contributed by atoms with Crippen LogP contribution in [0.25, 0.3) is 27.8 Å². The largest absolute Gasteiger partial charge is 0.457 e. The van der Waals surface area contributed by atoms with Crippen LogP contribution >= 0.6 is 0 Å². The molecule has 1 aromatic heterocycles. The summed E-state index contributed by atoms with van der Waals surface area (Å²) in [6.07, 6.45) is 3.79. The molecule has 1 aliphatic rings. The Morgan fingerprint density at radius 1 is 1.00 bits per heavy atom. The average molecular weight is 412 g/mol. The standard InChI is InChI=1S/C26H25N3O2/c1-28-15-5-8-23(17-28)31-26(30)20-9-12-22(13-10-20)29-18-27-24-16-21(11-14-25(24)29)19-6-3-2-4-7-19/h2-4,6-7,9-14,16,18,23H,5,8,15,17H2,1H3. The molecule has 1 atom stereocenters. The third-order valence-electron chi connectivity index (χ3n) is 5.89. The highest BCUT2D eigenvalue weighted by molar-refractivity contribution is 5.90. The summed E-state index contributed by atoms with van der Waals surface area (Å²) in [5.41, 5.74) is 5.82. The van der Waals surface area contributed by atoms with Crippen molar-refractivity contribution < 1.29 is 9.53 Å². The van der Waals surface area contributed by atoms with Crippen LogP contribution in [-0.4, -0.2) is 46.7 Å². The molecule has 0 aliphatic carbocycles. The lowest BCUT2D eigenvalue weighted by Crippen LogP contribution is -2.38. The van der Waals surface area contributed by atoms with Gasteiger partial charge in [-0.05, 0) is 74.0 Å². The Bertz CT molecular complexity index is 1200. The lowest BCUT2D eigenvalue weighted by Gasteiger charge is -2.29. The van der Waals surface area contributed by atoms with Crippen molar-refractivity contribution in [1.29, 1.82) is 0 Å². The Kier molecular flexibility index (Phi) is 5.26. The van der Waals surface area contributed by atoms with Gasteiger partial charge in [0, 0.05) is 12.2 Å². The van der Waals surface area contributed by atoms with Crippen molar-refractivity contribution in [3.05, 3.63) is 84.7 Å². The van der Waals surface area contributed by atoms with Gasteiger partial charge in [0.2, 0.25) is 0 Å². The molecule has 0 N–H and O–H groups in total. The van der Waals surface area contributed by atoms with Gasteiger partial charge in [-0.25, -0.2) is 9.78 Å². The maximum absolute atomic E-state index is 12.5. The van der Waals surface area contributed by atoms with Crippen LogP contribution in [0.1, 0.15) is 23.2 Å². The van der Waals surface area contributed by atoms with Gasteiger partial charge in [0.25, 0.3) is 0 Å². The van der Waals surface area contributed by atoms with Crippen LogP contribution in [-0.2, 0) is 4.74 Å². The molecule has 156 valence electrons. The molecule has 5 heteroatoms. The summed E-state index contributed by atoms with van der Waals surface area (Å²) in [4.78, 5) is 19.3. The zero-order valence-electron chi connectivity index (χ0n) is 17.6. The number of nitrogens with zero attached hydrogens (tertiary/aromatic N) is 3. The predicted molar refractivity (Wildman–Crippen MR) is 122 cm³/mol. The number of rotatable bonds is 4. The molecule has 2 heterocycles. The number of imidazole rings is 1. The molecule has 1 fully saturated rings. The predicted octanol–water partition coefficient (Wildman–Crippen LogP) is 4.94. The van der Waals surface area contributed by atoms with Gasteiger partial charge in [-0.1, -0.05) is 36.4 Å². The summed E-state index contributed by atoms with van der Waals surface area (Å²) < 4.78 is 7.74. The monoisotopic (exact) mass is 411 g/mol. The van der Waals surface area contributed by atoms with Crippen LogP contribution in [0.4, 0.5) is 0 Å². The van der Waals surface area contributed by atoms with E-state index in [-0.39, 0.29) is 12.1 Å². The molecule has 3 aromatic carbocycles. The van der Waals surface area contributed by atoms with E-state index in [9.17, 15) is 4.79 Å². The maximum atomic E-state index is 12.5. The number of likely N-dealkylation sites (tertiary alicyclic amines) is 1. The fourth-order valence-electron chi connectivity index (χ4n) is 4.22. The summed E-state index contributed by atoms with van der Waals surface area (Å²) in [6, 6.07) is 24.1. The normalized spacial score (nSPS) is 17.0. The number of hydrogen-bond donors (Lipinski definition) is 0. The van der Waals surface area contributed by atoms with E-state index < -0.39 is 0 Å². The Balaban J connectivity index is 1.35. The van der Waals surface area contributed by atoms with Crippen molar-refractivity contribution in [3.63, 3.8) is 0 Å². The lowest BCUT2D eigenvalue weighted by atomic mass is 10.1. The summed E-state index contributed by atoms with van der Waals surface area (Å²) in [5, 5.41) is 0. The molecule has 0 radical (unpaired) electrons. The first-order valence-electron chi connectivity index (χ1n) is 10.7. The zero-order chi connectivity index (χ0) is 21.2. The van der Waals surface area contributed by atoms with Crippen LogP contribution in [0.5, 0.6) is 0 Å². The topological polar surface area (TPSA) is 47.4 Å². The summed E-state index contributed by atoms with van der Waals surface area (Å²) in [7, 11) is 2.06. The number of aromatic nitrogens is 2. The first kappa shape index (κ1) is 19.5. The Labute approximate surface area is 181 Å². The van der Waals surface area contributed by atoms with Gasteiger partial charge < -0.3 is 9.64 Å². The number of carbonyl (C=O) groups is 1. The molecular weight excluding hydrogens is 386 g/mol. The van der Waals surface area contributed by atoms with Crippen molar-refractivity contribution in [2.24, 2.45) is 0 Å². The van der Waals surface area contributed by atoms with Crippen molar-refractivity contribution in [2.75, 3.05) is 20.1 Å². The average Bonchev–Trinajstić information content (AvgIpc) is 3.23. The van der Waals surface area contributed by atoms with Crippen LogP contribution in [0.3, 0.4) is 0 Å². The molecule has 0 bridgehead atoms. The molecule has 5 nitrogen and oxygen atoms in total. The van der Waals surface area contributed by atoms with E-state index in [1.54, 1.807) is 0 Å². The number of hydrogen-bond acceptors (Lipinski definition) is 4. The fraction of sp³-hybridized carbons (Fsp3) is 0.231. The summed E-state index contributed by atoms with van der Waals surface area (Å²) in [6.45, 7) is 1.87. The molecule has 5 rings (SSSR count). The molecule has 1 saturated heterocycles. The second kappa shape index (κ2) is 8.36. The quantitative estimate of drug-likeness (QED) is 0.446. The number of benzene rings is 3. The van der Waals surface area contributed by atoms with E-state index in [0.29, 0.717) is 5.56 Å². The van der Waals surface area contributed by atoms with Gasteiger partial charge in [-0.2, -0.15) is 0 Å².